The van der Waals surface area contributed by atoms with Crippen LogP contribution in [0.5, 0.6) is 0 Å². The summed E-state index contributed by atoms with van der Waals surface area (Å²) in [6, 6.07) is 12.3. The third kappa shape index (κ3) is 4.20. The van der Waals surface area contributed by atoms with Crippen molar-refractivity contribution in [2.45, 2.75) is 25.8 Å². The van der Waals surface area contributed by atoms with Gasteiger partial charge in [-0.1, -0.05) is 60.5 Å². The van der Waals surface area contributed by atoms with Crippen molar-refractivity contribution in [3.63, 3.8) is 0 Å². The fourth-order valence-electron chi connectivity index (χ4n) is 2.22. The Morgan fingerprint density at radius 2 is 1.95 bits per heavy atom. The summed E-state index contributed by atoms with van der Waals surface area (Å²) < 4.78 is 0. The summed E-state index contributed by atoms with van der Waals surface area (Å²) in [7, 11) is 0. The van der Waals surface area contributed by atoms with Crippen molar-refractivity contribution in [2.24, 2.45) is 0 Å². The summed E-state index contributed by atoms with van der Waals surface area (Å²) in [6.07, 6.45) is 3.58. The summed E-state index contributed by atoms with van der Waals surface area (Å²) in [4.78, 5) is 4.38. The molecule has 20 heavy (non-hydrogen) atoms. The number of hydrogen-bond donors (Lipinski definition) is 1. The van der Waals surface area contributed by atoms with Crippen LogP contribution in [0.4, 0.5) is 0 Å². The van der Waals surface area contributed by atoms with Gasteiger partial charge in [-0.15, -0.1) is 0 Å². The second-order valence-corrected chi connectivity index (χ2v) is 5.50. The molecule has 0 spiro atoms. The molecule has 0 saturated carbocycles. The number of nitrogens with zero attached hydrogens (tertiary/aromatic N) is 1. The highest BCUT2D eigenvalue weighted by molar-refractivity contribution is 6.34. The Bertz CT molecular complexity index is 543. The zero-order valence-electron chi connectivity index (χ0n) is 11.4. The Morgan fingerprint density at radius 1 is 1.20 bits per heavy atom. The van der Waals surface area contributed by atoms with Gasteiger partial charge in [-0.3, -0.25) is 4.98 Å². The normalized spacial score (nSPS) is 12.3. The van der Waals surface area contributed by atoms with Crippen LogP contribution in [0.25, 0.3) is 0 Å². The topological polar surface area (TPSA) is 24.9 Å². The molecule has 106 valence electrons. The van der Waals surface area contributed by atoms with Crippen molar-refractivity contribution < 1.29 is 0 Å². The maximum Gasteiger partial charge on any atom is 0.0760 e. The monoisotopic (exact) mass is 308 g/mol. The highest BCUT2D eigenvalue weighted by Gasteiger charge is 2.15. The van der Waals surface area contributed by atoms with Crippen molar-refractivity contribution in [3.05, 3.63) is 63.9 Å². The Balaban J connectivity index is 2.10. The first-order valence-electron chi connectivity index (χ1n) is 6.79. The first-order chi connectivity index (χ1) is 9.70. The summed E-state index contributed by atoms with van der Waals surface area (Å²) in [5.74, 6) is 0. The highest BCUT2D eigenvalue weighted by Crippen LogP contribution is 2.26. The predicted molar refractivity (Wildman–Crippen MR) is 85.4 cm³/mol. The molecule has 1 heterocycles. The smallest absolute Gasteiger partial charge is 0.0760 e. The number of aryl methyl sites for hydroxylation is 1. The van der Waals surface area contributed by atoms with Crippen LogP contribution in [0.15, 0.2) is 42.6 Å². The predicted octanol–water partition coefficient (Wildman–Crippen LogP) is 4.67. The first kappa shape index (κ1) is 15.3. The van der Waals surface area contributed by atoms with Crippen LogP contribution in [0, 0.1) is 0 Å². The maximum atomic E-state index is 6.25. The van der Waals surface area contributed by atoms with Gasteiger partial charge in [0, 0.05) is 6.20 Å². The van der Waals surface area contributed by atoms with Crippen LogP contribution >= 0.6 is 23.2 Å². The molecule has 0 saturated heterocycles. The Morgan fingerprint density at radius 3 is 2.60 bits per heavy atom. The van der Waals surface area contributed by atoms with E-state index in [1.807, 2.05) is 6.07 Å². The first-order valence-corrected chi connectivity index (χ1v) is 7.54. The molecule has 4 heteroatoms. The van der Waals surface area contributed by atoms with Gasteiger partial charge < -0.3 is 5.32 Å². The molecule has 2 nitrogen and oxygen atoms in total. The summed E-state index contributed by atoms with van der Waals surface area (Å²) >= 11 is 12.2. The number of aromatic nitrogens is 1. The van der Waals surface area contributed by atoms with Crippen molar-refractivity contribution in [2.75, 3.05) is 6.54 Å². The second-order valence-electron chi connectivity index (χ2n) is 4.66. The van der Waals surface area contributed by atoms with Crippen molar-refractivity contribution >= 4 is 23.2 Å². The van der Waals surface area contributed by atoms with Crippen molar-refractivity contribution in [3.8, 4) is 0 Å². The molecule has 0 aliphatic carbocycles. The third-order valence-electron chi connectivity index (χ3n) is 3.18. The number of halogens is 2. The Kier molecular flexibility index (Phi) is 5.84. The van der Waals surface area contributed by atoms with Crippen LogP contribution in [0.3, 0.4) is 0 Å². The SMILES string of the molecule is CCNC(CCc1ccccc1)c1ncc(Cl)cc1Cl. The minimum Gasteiger partial charge on any atom is -0.309 e. The lowest BCUT2D eigenvalue weighted by molar-refractivity contribution is 0.504. The molecule has 1 N–H and O–H groups in total. The Hall–Kier alpha value is -1.09. The highest BCUT2D eigenvalue weighted by atomic mass is 35.5. The number of pyridine rings is 1. The number of rotatable bonds is 6. The van der Waals surface area contributed by atoms with E-state index in [2.05, 4.69) is 41.5 Å². The van der Waals surface area contributed by atoms with E-state index in [0.717, 1.165) is 25.1 Å². The minimum atomic E-state index is 0.143. The summed E-state index contributed by atoms with van der Waals surface area (Å²) in [6.45, 7) is 2.96. The molecule has 0 aliphatic heterocycles. The van der Waals surface area contributed by atoms with Gasteiger partial charge in [0.2, 0.25) is 0 Å². The van der Waals surface area contributed by atoms with E-state index in [1.165, 1.54) is 5.56 Å². The molecule has 2 rings (SSSR count). The maximum absolute atomic E-state index is 6.25. The van der Waals surface area contributed by atoms with Crippen LogP contribution in [0.2, 0.25) is 10.0 Å². The van der Waals surface area contributed by atoms with Crippen LogP contribution in [-0.4, -0.2) is 11.5 Å². The Labute approximate surface area is 130 Å². The van der Waals surface area contributed by atoms with Gasteiger partial charge in [-0.2, -0.15) is 0 Å². The number of nitrogens with one attached hydrogen (secondary N) is 1. The molecule has 0 radical (unpaired) electrons. The molecule has 0 fully saturated rings. The van der Waals surface area contributed by atoms with Crippen molar-refractivity contribution in [1.29, 1.82) is 0 Å². The zero-order valence-corrected chi connectivity index (χ0v) is 13.0. The lowest BCUT2D eigenvalue weighted by Crippen LogP contribution is -2.22. The molecule has 2 aromatic rings. The molecule has 1 unspecified atom stereocenters. The van der Waals surface area contributed by atoms with E-state index in [1.54, 1.807) is 12.3 Å². The van der Waals surface area contributed by atoms with Crippen LogP contribution in [0.1, 0.15) is 30.6 Å². The largest absolute Gasteiger partial charge is 0.309 e. The fourth-order valence-corrected chi connectivity index (χ4v) is 2.73. The summed E-state index contributed by atoms with van der Waals surface area (Å²) in [5.41, 5.74) is 2.19. The van der Waals surface area contributed by atoms with E-state index in [4.69, 9.17) is 23.2 Å². The van der Waals surface area contributed by atoms with E-state index in [0.29, 0.717) is 10.0 Å². The number of benzene rings is 1. The quantitative estimate of drug-likeness (QED) is 0.838. The van der Waals surface area contributed by atoms with Gasteiger partial charge in [-0.25, -0.2) is 0 Å². The van der Waals surface area contributed by atoms with Gasteiger partial charge >= 0.3 is 0 Å². The molecular formula is C16H18Cl2N2. The van der Waals surface area contributed by atoms with E-state index in [-0.39, 0.29) is 6.04 Å². The lowest BCUT2D eigenvalue weighted by atomic mass is 10.0. The lowest BCUT2D eigenvalue weighted by Gasteiger charge is -2.18. The van der Waals surface area contributed by atoms with Crippen LogP contribution in [-0.2, 0) is 6.42 Å². The summed E-state index contributed by atoms with van der Waals surface area (Å²) in [5, 5.41) is 4.63. The molecular weight excluding hydrogens is 291 g/mol. The molecule has 0 amide bonds. The van der Waals surface area contributed by atoms with Gasteiger partial charge in [0.1, 0.15) is 0 Å². The van der Waals surface area contributed by atoms with E-state index in [9.17, 15) is 0 Å². The molecule has 0 aliphatic rings. The van der Waals surface area contributed by atoms with Crippen molar-refractivity contribution in [1.82, 2.24) is 10.3 Å². The number of hydrogen-bond acceptors (Lipinski definition) is 2. The third-order valence-corrected chi connectivity index (χ3v) is 3.69. The minimum absolute atomic E-state index is 0.143. The average molecular weight is 309 g/mol. The van der Waals surface area contributed by atoms with Gasteiger partial charge in [0.05, 0.1) is 21.8 Å². The molecule has 1 atom stereocenters. The van der Waals surface area contributed by atoms with Gasteiger partial charge in [-0.05, 0) is 31.0 Å². The molecule has 0 bridgehead atoms. The van der Waals surface area contributed by atoms with Crippen LogP contribution < -0.4 is 5.32 Å². The molecule has 1 aromatic carbocycles. The van der Waals surface area contributed by atoms with Gasteiger partial charge in [0.15, 0.2) is 0 Å². The van der Waals surface area contributed by atoms with E-state index >= 15 is 0 Å². The fraction of sp³-hybridized carbons (Fsp3) is 0.312. The standard InChI is InChI=1S/C16H18Cl2N2/c1-2-19-15(9-8-12-6-4-3-5-7-12)16-14(18)10-13(17)11-20-16/h3-7,10-11,15,19H,2,8-9H2,1H3. The van der Waals surface area contributed by atoms with Gasteiger partial charge in [0.25, 0.3) is 0 Å². The second kappa shape index (κ2) is 7.63. The zero-order chi connectivity index (χ0) is 14.4. The average Bonchev–Trinajstić information content (AvgIpc) is 2.45. The van der Waals surface area contributed by atoms with E-state index < -0.39 is 0 Å². The molecule has 1 aromatic heterocycles.